The Kier molecular flexibility index (Phi) is 1.85. The highest BCUT2D eigenvalue weighted by molar-refractivity contribution is 5.74. The molecule has 1 aliphatic heterocycles. The Balaban J connectivity index is 2.09. The summed E-state index contributed by atoms with van der Waals surface area (Å²) in [4.78, 5) is 11.2. The van der Waals surface area contributed by atoms with Crippen LogP contribution in [0, 0.1) is 17.8 Å². The Hall–Kier alpha value is -0.530. The van der Waals surface area contributed by atoms with E-state index in [1.54, 1.807) is 0 Å². The van der Waals surface area contributed by atoms with E-state index < -0.39 is 0 Å². The van der Waals surface area contributed by atoms with Gasteiger partial charge in [-0.3, -0.25) is 4.79 Å². The monoisotopic (exact) mass is 168 g/mol. The van der Waals surface area contributed by atoms with Gasteiger partial charge < -0.3 is 4.74 Å². The Labute approximate surface area is 73.3 Å². The molecule has 2 fully saturated rings. The van der Waals surface area contributed by atoms with E-state index in [9.17, 15) is 4.79 Å². The van der Waals surface area contributed by atoms with Gasteiger partial charge in [-0.25, -0.2) is 0 Å². The number of rotatable bonds is 0. The second kappa shape index (κ2) is 2.75. The van der Waals surface area contributed by atoms with Gasteiger partial charge in [0.15, 0.2) is 0 Å². The number of hydrogen-bond acceptors (Lipinski definition) is 2. The highest BCUT2D eigenvalue weighted by Crippen LogP contribution is 2.40. The van der Waals surface area contributed by atoms with Gasteiger partial charge in [-0.05, 0) is 18.8 Å². The summed E-state index contributed by atoms with van der Waals surface area (Å²) in [5.74, 6) is 1.44. The molecular formula is C10H16O2. The van der Waals surface area contributed by atoms with Gasteiger partial charge in [0.2, 0.25) is 0 Å². The SMILES string of the molecule is CC1C(=O)O[C@H]2C[C@H](C)CC[C@@H]12. The quantitative estimate of drug-likeness (QED) is 0.517. The second-order valence-corrected chi connectivity index (χ2v) is 4.35. The third kappa shape index (κ3) is 1.13. The largest absolute Gasteiger partial charge is 0.462 e. The minimum atomic E-state index is 0.0269. The first kappa shape index (κ1) is 8.09. The summed E-state index contributed by atoms with van der Waals surface area (Å²) < 4.78 is 5.31. The fourth-order valence-corrected chi connectivity index (χ4v) is 2.49. The fourth-order valence-electron chi connectivity index (χ4n) is 2.49. The summed E-state index contributed by atoms with van der Waals surface area (Å²) in [6.45, 7) is 4.25. The van der Waals surface area contributed by atoms with E-state index >= 15 is 0 Å². The molecule has 1 aliphatic carbocycles. The maximum absolute atomic E-state index is 11.2. The molecule has 0 aromatic rings. The van der Waals surface area contributed by atoms with Gasteiger partial charge >= 0.3 is 5.97 Å². The summed E-state index contributed by atoms with van der Waals surface area (Å²) in [5, 5.41) is 0. The molecule has 2 heteroatoms. The van der Waals surface area contributed by atoms with E-state index in [1.807, 2.05) is 6.92 Å². The molecule has 4 atom stereocenters. The summed E-state index contributed by atoms with van der Waals surface area (Å²) in [6, 6.07) is 0. The number of hydrogen-bond donors (Lipinski definition) is 0. The lowest BCUT2D eigenvalue weighted by Gasteiger charge is -2.28. The molecule has 1 saturated heterocycles. The first-order valence-electron chi connectivity index (χ1n) is 4.89. The van der Waals surface area contributed by atoms with E-state index in [2.05, 4.69) is 6.92 Å². The number of carbonyl (C=O) groups excluding carboxylic acids is 1. The van der Waals surface area contributed by atoms with Crippen molar-refractivity contribution in [2.45, 2.75) is 39.2 Å². The van der Waals surface area contributed by atoms with Crippen LogP contribution in [-0.2, 0) is 9.53 Å². The zero-order valence-corrected chi connectivity index (χ0v) is 7.75. The van der Waals surface area contributed by atoms with Crippen LogP contribution >= 0.6 is 0 Å². The summed E-state index contributed by atoms with van der Waals surface area (Å²) in [7, 11) is 0. The molecule has 1 saturated carbocycles. The Morgan fingerprint density at radius 3 is 2.83 bits per heavy atom. The van der Waals surface area contributed by atoms with Gasteiger partial charge in [0, 0.05) is 5.92 Å². The second-order valence-electron chi connectivity index (χ2n) is 4.35. The molecule has 0 radical (unpaired) electrons. The van der Waals surface area contributed by atoms with Crippen LogP contribution in [0.25, 0.3) is 0 Å². The third-order valence-electron chi connectivity index (χ3n) is 3.39. The molecule has 1 heterocycles. The maximum atomic E-state index is 11.2. The molecule has 2 nitrogen and oxygen atoms in total. The predicted molar refractivity (Wildman–Crippen MR) is 45.5 cm³/mol. The maximum Gasteiger partial charge on any atom is 0.309 e. The number of esters is 1. The zero-order valence-electron chi connectivity index (χ0n) is 7.75. The number of ether oxygens (including phenoxy) is 1. The predicted octanol–water partition coefficient (Wildman–Crippen LogP) is 1.98. The minimum Gasteiger partial charge on any atom is -0.462 e. The van der Waals surface area contributed by atoms with E-state index in [0.717, 1.165) is 12.3 Å². The van der Waals surface area contributed by atoms with Crippen LogP contribution in [0.5, 0.6) is 0 Å². The van der Waals surface area contributed by atoms with Crippen LogP contribution < -0.4 is 0 Å². The van der Waals surface area contributed by atoms with Crippen molar-refractivity contribution in [2.75, 3.05) is 0 Å². The smallest absolute Gasteiger partial charge is 0.309 e. The van der Waals surface area contributed by atoms with Crippen LogP contribution in [0.3, 0.4) is 0 Å². The summed E-state index contributed by atoms with van der Waals surface area (Å²) in [5.41, 5.74) is 0. The third-order valence-corrected chi connectivity index (χ3v) is 3.39. The van der Waals surface area contributed by atoms with Crippen molar-refractivity contribution in [2.24, 2.45) is 17.8 Å². The van der Waals surface area contributed by atoms with Crippen molar-refractivity contribution in [1.29, 1.82) is 0 Å². The first-order chi connectivity index (χ1) is 5.68. The highest BCUT2D eigenvalue weighted by Gasteiger charge is 2.43. The van der Waals surface area contributed by atoms with Gasteiger partial charge in [0.25, 0.3) is 0 Å². The lowest BCUT2D eigenvalue weighted by Crippen LogP contribution is -2.27. The van der Waals surface area contributed by atoms with Crippen LogP contribution in [0.2, 0.25) is 0 Å². The van der Waals surface area contributed by atoms with Gasteiger partial charge in [-0.2, -0.15) is 0 Å². The van der Waals surface area contributed by atoms with Crippen LogP contribution in [0.15, 0.2) is 0 Å². The standard InChI is InChI=1S/C10H16O2/c1-6-3-4-8-7(2)10(11)12-9(8)5-6/h6-9H,3-5H2,1-2H3/t6-,7?,8+,9+/m1/s1. The summed E-state index contributed by atoms with van der Waals surface area (Å²) in [6.07, 6.45) is 3.78. The van der Waals surface area contributed by atoms with Gasteiger partial charge in [-0.15, -0.1) is 0 Å². The molecule has 0 bridgehead atoms. The van der Waals surface area contributed by atoms with E-state index in [0.29, 0.717) is 5.92 Å². The van der Waals surface area contributed by atoms with Crippen molar-refractivity contribution < 1.29 is 9.53 Å². The van der Waals surface area contributed by atoms with Crippen LogP contribution in [0.4, 0.5) is 0 Å². The molecule has 0 aromatic carbocycles. The van der Waals surface area contributed by atoms with E-state index in [4.69, 9.17) is 4.74 Å². The highest BCUT2D eigenvalue weighted by atomic mass is 16.6. The van der Waals surface area contributed by atoms with Crippen molar-refractivity contribution in [3.63, 3.8) is 0 Å². The van der Waals surface area contributed by atoms with Crippen molar-refractivity contribution >= 4 is 5.97 Å². The molecule has 12 heavy (non-hydrogen) atoms. The van der Waals surface area contributed by atoms with Gasteiger partial charge in [0.1, 0.15) is 6.10 Å². The number of fused-ring (bicyclic) bond motifs is 1. The lowest BCUT2D eigenvalue weighted by atomic mass is 9.77. The fraction of sp³-hybridized carbons (Fsp3) is 0.900. The average Bonchev–Trinajstić information content (AvgIpc) is 2.28. The van der Waals surface area contributed by atoms with E-state index in [1.165, 1.54) is 12.8 Å². The average molecular weight is 168 g/mol. The Morgan fingerprint density at radius 2 is 2.08 bits per heavy atom. The van der Waals surface area contributed by atoms with Crippen molar-refractivity contribution in [3.8, 4) is 0 Å². The van der Waals surface area contributed by atoms with Crippen LogP contribution in [-0.4, -0.2) is 12.1 Å². The molecule has 1 unspecified atom stereocenters. The topological polar surface area (TPSA) is 26.3 Å². The van der Waals surface area contributed by atoms with E-state index in [-0.39, 0.29) is 18.0 Å². The van der Waals surface area contributed by atoms with Gasteiger partial charge in [-0.1, -0.05) is 20.3 Å². The molecule has 68 valence electrons. The van der Waals surface area contributed by atoms with Crippen LogP contribution in [0.1, 0.15) is 33.1 Å². The van der Waals surface area contributed by atoms with Crippen molar-refractivity contribution in [3.05, 3.63) is 0 Å². The molecular weight excluding hydrogens is 152 g/mol. The normalized spacial score (nSPS) is 47.0. The first-order valence-corrected chi connectivity index (χ1v) is 4.89. The van der Waals surface area contributed by atoms with Crippen molar-refractivity contribution in [1.82, 2.24) is 0 Å². The molecule has 0 aromatic heterocycles. The van der Waals surface area contributed by atoms with Gasteiger partial charge in [0.05, 0.1) is 5.92 Å². The number of carbonyl (C=O) groups is 1. The zero-order chi connectivity index (χ0) is 8.72. The molecule has 2 rings (SSSR count). The molecule has 0 N–H and O–H groups in total. The lowest BCUT2D eigenvalue weighted by molar-refractivity contribution is -0.144. The molecule has 2 aliphatic rings. The molecule has 0 amide bonds. The minimum absolute atomic E-state index is 0.0269. The molecule has 0 spiro atoms. The summed E-state index contributed by atoms with van der Waals surface area (Å²) >= 11 is 0. The Bertz CT molecular complexity index is 200. The Morgan fingerprint density at radius 1 is 1.33 bits per heavy atom.